The second-order valence-corrected chi connectivity index (χ2v) is 8.81. The number of morpholine rings is 1. The van der Waals surface area contributed by atoms with Crippen LogP contribution in [0.3, 0.4) is 0 Å². The van der Waals surface area contributed by atoms with Crippen molar-refractivity contribution in [2.24, 2.45) is 0 Å². The van der Waals surface area contributed by atoms with Crippen LogP contribution < -0.4 is 5.32 Å². The topological polar surface area (TPSA) is 102 Å². The van der Waals surface area contributed by atoms with Crippen molar-refractivity contribution in [3.63, 3.8) is 0 Å². The van der Waals surface area contributed by atoms with Gasteiger partial charge in [-0.1, -0.05) is 24.3 Å². The molecule has 8 nitrogen and oxygen atoms in total. The van der Waals surface area contributed by atoms with E-state index in [4.69, 9.17) is 9.47 Å². The van der Waals surface area contributed by atoms with E-state index in [0.29, 0.717) is 24.5 Å². The summed E-state index contributed by atoms with van der Waals surface area (Å²) in [5.41, 5.74) is 1.17. The number of aryl methyl sites for hydroxylation is 1. The van der Waals surface area contributed by atoms with Crippen LogP contribution >= 0.6 is 0 Å². The van der Waals surface area contributed by atoms with Gasteiger partial charge in [0, 0.05) is 18.8 Å². The summed E-state index contributed by atoms with van der Waals surface area (Å²) < 4.78 is 37.7. The third-order valence-corrected chi connectivity index (χ3v) is 6.75. The van der Waals surface area contributed by atoms with E-state index in [1.165, 1.54) is 23.4 Å². The van der Waals surface area contributed by atoms with E-state index in [2.05, 4.69) is 5.32 Å². The minimum Gasteiger partial charge on any atom is -0.449 e. The fourth-order valence-corrected chi connectivity index (χ4v) is 4.64. The minimum absolute atomic E-state index is 0.0419. The number of nitrogens with one attached hydrogen (secondary N) is 1. The number of hydrogen-bond acceptors (Lipinski definition) is 6. The van der Waals surface area contributed by atoms with Crippen molar-refractivity contribution in [1.82, 2.24) is 4.31 Å². The number of para-hydroxylation sites is 1. The molecule has 1 saturated heterocycles. The Hall–Kier alpha value is -2.75. The highest BCUT2D eigenvalue weighted by molar-refractivity contribution is 7.89. The molecule has 1 amide bonds. The van der Waals surface area contributed by atoms with Gasteiger partial charge in [0.25, 0.3) is 5.91 Å². The molecule has 160 valence electrons. The highest BCUT2D eigenvalue weighted by Gasteiger charge is 2.29. The minimum atomic E-state index is -3.77. The maximum Gasteiger partial charge on any atom is 0.338 e. The fraction of sp³-hybridized carbons (Fsp3) is 0.333. The first-order valence-corrected chi connectivity index (χ1v) is 11.0. The van der Waals surface area contributed by atoms with Crippen molar-refractivity contribution in [1.29, 1.82) is 0 Å². The van der Waals surface area contributed by atoms with Gasteiger partial charge in [0.2, 0.25) is 10.0 Å². The van der Waals surface area contributed by atoms with E-state index in [1.807, 2.05) is 6.07 Å². The number of sulfonamides is 1. The monoisotopic (exact) mass is 432 g/mol. The van der Waals surface area contributed by atoms with Gasteiger partial charge in [-0.05, 0) is 43.7 Å². The number of carbonyl (C=O) groups is 2. The Labute approximate surface area is 175 Å². The van der Waals surface area contributed by atoms with Crippen LogP contribution in [-0.4, -0.2) is 57.0 Å². The van der Waals surface area contributed by atoms with Crippen molar-refractivity contribution < 1.29 is 27.5 Å². The molecule has 0 aromatic heterocycles. The average Bonchev–Trinajstić information content (AvgIpc) is 2.75. The number of esters is 1. The summed E-state index contributed by atoms with van der Waals surface area (Å²) in [4.78, 5) is 24.9. The molecule has 2 aromatic carbocycles. The van der Waals surface area contributed by atoms with E-state index in [0.717, 1.165) is 0 Å². The lowest BCUT2D eigenvalue weighted by atomic mass is 10.1. The Morgan fingerprint density at radius 2 is 1.77 bits per heavy atom. The smallest absolute Gasteiger partial charge is 0.338 e. The van der Waals surface area contributed by atoms with Crippen molar-refractivity contribution in [3.05, 3.63) is 59.7 Å². The molecule has 30 heavy (non-hydrogen) atoms. The third-order valence-electron chi connectivity index (χ3n) is 4.71. The number of carbonyl (C=O) groups excluding carboxylic acids is 2. The number of hydrogen-bond donors (Lipinski definition) is 1. The highest BCUT2D eigenvalue weighted by atomic mass is 32.2. The molecule has 0 spiro atoms. The molecule has 0 aliphatic carbocycles. The number of nitrogens with zero attached hydrogens (tertiary/aromatic N) is 1. The average molecular weight is 432 g/mol. The van der Waals surface area contributed by atoms with Gasteiger partial charge in [0.15, 0.2) is 6.10 Å². The number of benzene rings is 2. The van der Waals surface area contributed by atoms with E-state index < -0.39 is 28.0 Å². The first kappa shape index (κ1) is 21.9. The zero-order valence-electron chi connectivity index (χ0n) is 16.8. The van der Waals surface area contributed by atoms with Gasteiger partial charge in [-0.3, -0.25) is 4.79 Å². The molecule has 1 N–H and O–H groups in total. The SMILES string of the molecule is Cc1ccc(C(=O)OC(C)C(=O)Nc2ccccc2)cc1S(=O)(=O)N1CCOCC1. The standard InChI is InChI=1S/C21H24N2O6S/c1-15-8-9-17(14-19(15)30(26,27)23-10-12-28-13-11-23)21(25)29-16(2)20(24)22-18-6-4-3-5-7-18/h3-9,14,16H,10-13H2,1-2H3,(H,22,24). The third kappa shape index (κ3) is 5.05. The van der Waals surface area contributed by atoms with E-state index in [9.17, 15) is 18.0 Å². The lowest BCUT2D eigenvalue weighted by Gasteiger charge is -2.26. The summed E-state index contributed by atoms with van der Waals surface area (Å²) in [7, 11) is -3.77. The molecular weight excluding hydrogens is 408 g/mol. The first-order valence-electron chi connectivity index (χ1n) is 9.54. The Morgan fingerprint density at radius 1 is 1.10 bits per heavy atom. The van der Waals surface area contributed by atoms with Crippen LogP contribution in [0.5, 0.6) is 0 Å². The number of ether oxygens (including phenoxy) is 2. The van der Waals surface area contributed by atoms with Gasteiger partial charge in [-0.2, -0.15) is 4.31 Å². The molecule has 1 fully saturated rings. The van der Waals surface area contributed by atoms with E-state index >= 15 is 0 Å². The van der Waals surface area contributed by atoms with Crippen molar-refractivity contribution >= 4 is 27.6 Å². The van der Waals surface area contributed by atoms with Gasteiger partial charge >= 0.3 is 5.97 Å². The predicted octanol–water partition coefficient (Wildman–Crippen LogP) is 2.20. The molecule has 1 heterocycles. The number of amides is 1. The van der Waals surface area contributed by atoms with Gasteiger partial charge < -0.3 is 14.8 Å². The zero-order chi connectivity index (χ0) is 21.7. The van der Waals surface area contributed by atoms with E-state index in [-0.39, 0.29) is 23.5 Å². The normalized spacial score (nSPS) is 15.9. The molecule has 1 atom stereocenters. The van der Waals surface area contributed by atoms with E-state index in [1.54, 1.807) is 37.3 Å². The van der Waals surface area contributed by atoms with Crippen molar-refractivity contribution in [2.45, 2.75) is 24.8 Å². The molecule has 0 bridgehead atoms. The van der Waals surface area contributed by atoms with Crippen LogP contribution in [0.4, 0.5) is 5.69 Å². The molecule has 1 aliphatic rings. The van der Waals surface area contributed by atoms with Gasteiger partial charge in [0.1, 0.15) is 0 Å². The van der Waals surface area contributed by atoms with Gasteiger partial charge in [-0.15, -0.1) is 0 Å². The molecule has 2 aromatic rings. The summed E-state index contributed by atoms with van der Waals surface area (Å²) in [5.74, 6) is -1.26. The Morgan fingerprint density at radius 3 is 2.43 bits per heavy atom. The summed E-state index contributed by atoms with van der Waals surface area (Å²) in [6, 6.07) is 13.1. The Balaban J connectivity index is 1.73. The first-order chi connectivity index (χ1) is 14.3. The van der Waals surface area contributed by atoms with Crippen molar-refractivity contribution in [2.75, 3.05) is 31.6 Å². The van der Waals surface area contributed by atoms with Crippen molar-refractivity contribution in [3.8, 4) is 0 Å². The second-order valence-electron chi connectivity index (χ2n) is 6.90. The maximum absolute atomic E-state index is 13.0. The van der Waals surface area contributed by atoms with Crippen LogP contribution in [0.15, 0.2) is 53.4 Å². The molecule has 0 saturated carbocycles. The number of rotatable bonds is 6. The summed E-state index contributed by atoms with van der Waals surface area (Å²) >= 11 is 0. The molecular formula is C21H24N2O6S. The summed E-state index contributed by atoms with van der Waals surface area (Å²) in [6.45, 7) is 4.29. The van der Waals surface area contributed by atoms with Crippen LogP contribution in [0.2, 0.25) is 0 Å². The lowest BCUT2D eigenvalue weighted by Crippen LogP contribution is -2.40. The van der Waals surface area contributed by atoms with Crippen LogP contribution in [0, 0.1) is 6.92 Å². The predicted molar refractivity (Wildman–Crippen MR) is 111 cm³/mol. The fourth-order valence-electron chi connectivity index (χ4n) is 2.98. The largest absolute Gasteiger partial charge is 0.449 e. The Kier molecular flexibility index (Phi) is 6.86. The zero-order valence-corrected chi connectivity index (χ0v) is 17.6. The molecule has 1 unspecified atom stereocenters. The van der Waals surface area contributed by atoms with Gasteiger partial charge in [-0.25, -0.2) is 13.2 Å². The quantitative estimate of drug-likeness (QED) is 0.702. The molecule has 1 aliphatic heterocycles. The molecule has 3 rings (SSSR count). The summed E-state index contributed by atoms with van der Waals surface area (Å²) in [5, 5.41) is 2.66. The van der Waals surface area contributed by atoms with Crippen LogP contribution in [0.1, 0.15) is 22.8 Å². The Bertz CT molecular complexity index is 1020. The molecule has 0 radical (unpaired) electrons. The van der Waals surface area contributed by atoms with Gasteiger partial charge in [0.05, 0.1) is 23.7 Å². The van der Waals surface area contributed by atoms with Crippen LogP contribution in [-0.2, 0) is 24.3 Å². The maximum atomic E-state index is 13.0. The highest BCUT2D eigenvalue weighted by Crippen LogP contribution is 2.23. The summed E-state index contributed by atoms with van der Waals surface area (Å²) in [6.07, 6.45) is -1.06. The lowest BCUT2D eigenvalue weighted by molar-refractivity contribution is -0.123. The van der Waals surface area contributed by atoms with Crippen LogP contribution in [0.25, 0.3) is 0 Å². The number of anilines is 1. The second kappa shape index (κ2) is 9.38. The molecule has 9 heteroatoms.